The second-order valence-electron chi connectivity index (χ2n) is 3.83. The zero-order chi connectivity index (χ0) is 13.1. The van der Waals surface area contributed by atoms with Gasteiger partial charge in [-0.1, -0.05) is 30.3 Å². The molecule has 0 spiro atoms. The Bertz CT molecular complexity index is 560. The minimum absolute atomic E-state index is 0.233. The Balaban J connectivity index is 2.33. The van der Waals surface area contributed by atoms with Gasteiger partial charge in [-0.3, -0.25) is 0 Å². The van der Waals surface area contributed by atoms with Crippen LogP contribution < -0.4 is 0 Å². The summed E-state index contributed by atoms with van der Waals surface area (Å²) in [5.74, 6) is -1.44. The van der Waals surface area contributed by atoms with Crippen LogP contribution in [0.15, 0.2) is 30.3 Å². The average molecular weight is 247 g/mol. The van der Waals surface area contributed by atoms with Gasteiger partial charge in [0.05, 0.1) is 12.8 Å². The van der Waals surface area contributed by atoms with Crippen LogP contribution in [0.4, 0.5) is 0 Å². The number of methoxy groups -OCH3 is 1. The fourth-order valence-electron chi connectivity index (χ4n) is 1.75. The van der Waals surface area contributed by atoms with Crippen LogP contribution in [0.2, 0.25) is 0 Å². The van der Waals surface area contributed by atoms with Crippen molar-refractivity contribution in [3.8, 4) is 11.6 Å². The first-order chi connectivity index (χ1) is 8.63. The van der Waals surface area contributed by atoms with Crippen molar-refractivity contribution in [3.63, 3.8) is 0 Å². The van der Waals surface area contributed by atoms with Crippen molar-refractivity contribution in [2.75, 3.05) is 7.11 Å². The molecular weight excluding hydrogens is 234 g/mol. The minimum atomic E-state index is -0.777. The summed E-state index contributed by atoms with van der Waals surface area (Å²) in [4.78, 5) is 13.9. The van der Waals surface area contributed by atoms with E-state index in [1.165, 1.54) is 7.11 Å². The maximum atomic E-state index is 11.4. The summed E-state index contributed by atoms with van der Waals surface area (Å²) in [5, 5.41) is 19.5. The molecule has 0 aliphatic heterocycles. The highest BCUT2D eigenvalue weighted by Gasteiger charge is 2.23. The molecule has 0 saturated heterocycles. The Labute approximate surface area is 104 Å². The van der Waals surface area contributed by atoms with Crippen molar-refractivity contribution in [1.82, 2.24) is 4.98 Å². The van der Waals surface area contributed by atoms with Crippen LogP contribution >= 0.6 is 0 Å². The van der Waals surface area contributed by atoms with Crippen LogP contribution in [-0.4, -0.2) is 28.3 Å². The predicted octanol–water partition coefficient (Wildman–Crippen LogP) is 1.80. The number of aromatic amines is 1. The highest BCUT2D eigenvalue weighted by Crippen LogP contribution is 2.32. The number of benzene rings is 1. The monoisotopic (exact) mass is 247 g/mol. The average Bonchev–Trinajstić information content (AvgIpc) is 2.65. The van der Waals surface area contributed by atoms with E-state index in [-0.39, 0.29) is 17.2 Å². The van der Waals surface area contributed by atoms with E-state index in [2.05, 4.69) is 9.72 Å². The molecule has 0 saturated carbocycles. The van der Waals surface area contributed by atoms with Crippen LogP contribution in [0, 0.1) is 0 Å². The Hall–Kier alpha value is -2.43. The Morgan fingerprint density at radius 3 is 2.56 bits per heavy atom. The van der Waals surface area contributed by atoms with E-state index >= 15 is 0 Å². The molecule has 0 fully saturated rings. The first-order valence-electron chi connectivity index (χ1n) is 5.38. The minimum Gasteiger partial charge on any atom is -0.505 e. The summed E-state index contributed by atoms with van der Waals surface area (Å²) in [6.07, 6.45) is 0.386. The van der Waals surface area contributed by atoms with Crippen LogP contribution in [0.25, 0.3) is 0 Å². The lowest BCUT2D eigenvalue weighted by Crippen LogP contribution is -2.00. The van der Waals surface area contributed by atoms with Crippen molar-refractivity contribution < 1.29 is 19.7 Å². The van der Waals surface area contributed by atoms with Crippen LogP contribution in [0.3, 0.4) is 0 Å². The van der Waals surface area contributed by atoms with Gasteiger partial charge < -0.3 is 19.9 Å². The van der Waals surface area contributed by atoms with E-state index in [1.807, 2.05) is 30.3 Å². The summed E-state index contributed by atoms with van der Waals surface area (Å²) < 4.78 is 4.48. The second kappa shape index (κ2) is 4.83. The molecule has 0 aliphatic rings. The van der Waals surface area contributed by atoms with E-state index in [9.17, 15) is 15.0 Å². The Morgan fingerprint density at radius 1 is 1.28 bits per heavy atom. The summed E-state index contributed by atoms with van der Waals surface area (Å²) in [7, 11) is 1.19. The van der Waals surface area contributed by atoms with Gasteiger partial charge >= 0.3 is 5.97 Å². The van der Waals surface area contributed by atoms with Gasteiger partial charge in [-0.15, -0.1) is 0 Å². The zero-order valence-corrected chi connectivity index (χ0v) is 9.80. The predicted molar refractivity (Wildman–Crippen MR) is 64.7 cm³/mol. The molecule has 0 unspecified atom stereocenters. The standard InChI is InChI=1S/C13H13NO4/c1-18-13(17)10-11(15)9(14-12(10)16)7-8-5-3-2-4-6-8/h2-6,14-16H,7H2,1H3. The maximum absolute atomic E-state index is 11.4. The lowest BCUT2D eigenvalue weighted by Gasteiger charge is -2.00. The first kappa shape index (κ1) is 12.0. The van der Waals surface area contributed by atoms with E-state index < -0.39 is 5.97 Å². The smallest absolute Gasteiger partial charge is 0.347 e. The molecule has 18 heavy (non-hydrogen) atoms. The summed E-state index contributed by atoms with van der Waals surface area (Å²) in [6, 6.07) is 9.40. The molecule has 1 aromatic heterocycles. The van der Waals surface area contributed by atoms with Gasteiger partial charge in [0.15, 0.2) is 11.3 Å². The maximum Gasteiger partial charge on any atom is 0.347 e. The number of aromatic hydroxyl groups is 2. The molecule has 5 heteroatoms. The van der Waals surface area contributed by atoms with Crippen molar-refractivity contribution in [3.05, 3.63) is 47.2 Å². The molecule has 3 N–H and O–H groups in total. The highest BCUT2D eigenvalue weighted by atomic mass is 16.5. The van der Waals surface area contributed by atoms with Crippen LogP contribution in [0.1, 0.15) is 21.6 Å². The van der Waals surface area contributed by atoms with Gasteiger partial charge in [-0.05, 0) is 5.56 Å². The van der Waals surface area contributed by atoms with Crippen molar-refractivity contribution in [2.24, 2.45) is 0 Å². The third-order valence-corrected chi connectivity index (χ3v) is 2.64. The molecule has 0 aliphatic carbocycles. The number of aromatic nitrogens is 1. The number of rotatable bonds is 3. The Kier molecular flexibility index (Phi) is 3.23. The number of carbonyl (C=O) groups is 1. The van der Waals surface area contributed by atoms with Crippen LogP contribution in [-0.2, 0) is 11.2 Å². The van der Waals surface area contributed by atoms with Crippen molar-refractivity contribution in [2.45, 2.75) is 6.42 Å². The normalized spacial score (nSPS) is 10.3. The second-order valence-corrected chi connectivity index (χ2v) is 3.83. The quantitative estimate of drug-likeness (QED) is 0.722. The van der Waals surface area contributed by atoms with Gasteiger partial charge in [0.2, 0.25) is 5.88 Å². The number of ether oxygens (including phenoxy) is 1. The van der Waals surface area contributed by atoms with Crippen molar-refractivity contribution in [1.29, 1.82) is 0 Å². The van der Waals surface area contributed by atoms with E-state index in [4.69, 9.17) is 0 Å². The molecule has 0 atom stereocenters. The van der Waals surface area contributed by atoms with Gasteiger partial charge in [-0.2, -0.15) is 0 Å². The van der Waals surface area contributed by atoms with E-state index in [1.54, 1.807) is 0 Å². The molecule has 1 aromatic carbocycles. The highest BCUT2D eigenvalue weighted by molar-refractivity contribution is 5.95. The third kappa shape index (κ3) is 2.15. The van der Waals surface area contributed by atoms with E-state index in [0.717, 1.165) is 5.56 Å². The fourth-order valence-corrected chi connectivity index (χ4v) is 1.75. The number of hydrogen-bond donors (Lipinski definition) is 3. The molecule has 94 valence electrons. The van der Waals surface area contributed by atoms with Gasteiger partial charge in [0, 0.05) is 6.42 Å². The largest absolute Gasteiger partial charge is 0.505 e. The lowest BCUT2D eigenvalue weighted by atomic mass is 10.1. The zero-order valence-electron chi connectivity index (χ0n) is 9.80. The number of carbonyl (C=O) groups excluding carboxylic acids is 1. The third-order valence-electron chi connectivity index (χ3n) is 2.64. The molecule has 2 aromatic rings. The van der Waals surface area contributed by atoms with Gasteiger partial charge in [0.1, 0.15) is 0 Å². The molecule has 2 rings (SSSR count). The molecule has 0 amide bonds. The number of nitrogens with one attached hydrogen (secondary N) is 1. The van der Waals surface area contributed by atoms with E-state index in [0.29, 0.717) is 12.1 Å². The van der Waals surface area contributed by atoms with Gasteiger partial charge in [-0.25, -0.2) is 4.79 Å². The summed E-state index contributed by atoms with van der Waals surface area (Å²) >= 11 is 0. The van der Waals surface area contributed by atoms with Gasteiger partial charge in [0.25, 0.3) is 0 Å². The molecular formula is C13H13NO4. The topological polar surface area (TPSA) is 82.5 Å². The summed E-state index contributed by atoms with van der Waals surface area (Å²) in [6.45, 7) is 0. The van der Waals surface area contributed by atoms with Crippen LogP contribution in [0.5, 0.6) is 11.6 Å². The molecule has 0 bridgehead atoms. The molecule has 1 heterocycles. The number of esters is 1. The first-order valence-corrected chi connectivity index (χ1v) is 5.38. The van der Waals surface area contributed by atoms with Crippen molar-refractivity contribution >= 4 is 5.97 Å². The summed E-state index contributed by atoms with van der Waals surface area (Å²) in [5.41, 5.74) is 1.09. The SMILES string of the molecule is COC(=O)c1c(O)[nH]c(Cc2ccccc2)c1O. The Morgan fingerprint density at radius 2 is 1.94 bits per heavy atom. The fraction of sp³-hybridized carbons (Fsp3) is 0.154. The number of H-pyrrole nitrogens is 1. The lowest BCUT2D eigenvalue weighted by molar-refractivity contribution is 0.0594. The number of hydrogen-bond acceptors (Lipinski definition) is 4. The molecule has 5 nitrogen and oxygen atoms in total. The molecule has 0 radical (unpaired) electrons.